The van der Waals surface area contributed by atoms with Gasteiger partial charge in [-0.15, -0.1) is 6.58 Å². The number of esters is 1. The number of hydrogen-bond acceptors (Lipinski definition) is 3. The molecule has 1 aromatic rings. The third-order valence-electron chi connectivity index (χ3n) is 13.6. The van der Waals surface area contributed by atoms with Crippen LogP contribution >= 0.6 is 0 Å². The van der Waals surface area contributed by atoms with Crippen molar-refractivity contribution in [2.75, 3.05) is 7.11 Å². The minimum atomic E-state index is -0.265. The maximum absolute atomic E-state index is 12.0. The normalized spacial score (nSPS) is 41.0. The number of carbonyl (C=O) groups excluding carboxylic acids is 1. The molecule has 4 saturated carbocycles. The predicted molar refractivity (Wildman–Crippen MR) is 178 cm³/mol. The highest BCUT2D eigenvalue weighted by Crippen LogP contribution is 2.75. The van der Waals surface area contributed by atoms with Gasteiger partial charge >= 0.3 is 5.97 Å². The first kappa shape index (κ1) is 33.0. The van der Waals surface area contributed by atoms with Gasteiger partial charge in [-0.3, -0.25) is 0 Å². The maximum Gasteiger partial charge on any atom is 0.337 e. The predicted octanol–water partition coefficient (Wildman–Crippen LogP) is 10.3. The molecule has 2 N–H and O–H groups in total. The lowest BCUT2D eigenvalue weighted by atomic mass is 9.33. The van der Waals surface area contributed by atoms with Crippen molar-refractivity contribution in [1.29, 1.82) is 0 Å². The zero-order valence-electron chi connectivity index (χ0n) is 28.4. The standard InChI is InChI=1S/C34H49NO2.C3H6.C2H6/c1-30(2)24(22-9-11-23(12-10-22)29(36)37-6)15-18-31(3)27(30)16-19-33(5)28(31)14-13-25-26-8-7-17-34(26,35)21-20-32(25,33)4;1-3-2;1-2/h9-12,15,25-28H,7-8,13-14,16-21,35H2,1-6H3;3H,1H2,2H3;1-2H3/t25-,26?,27?,28?,31+,32-,33-,34+;;/m1../s1. The highest BCUT2D eigenvalue weighted by molar-refractivity contribution is 5.89. The number of benzene rings is 1. The lowest BCUT2D eigenvalue weighted by molar-refractivity contribution is -0.215. The van der Waals surface area contributed by atoms with Crippen molar-refractivity contribution in [1.82, 2.24) is 0 Å². The molecule has 0 bridgehead atoms. The van der Waals surface area contributed by atoms with Crippen LogP contribution in [0.2, 0.25) is 0 Å². The number of carbonyl (C=O) groups is 1. The number of methoxy groups -OCH3 is 1. The van der Waals surface area contributed by atoms with Crippen LogP contribution < -0.4 is 5.73 Å². The van der Waals surface area contributed by atoms with Gasteiger partial charge in [0.15, 0.2) is 0 Å². The Balaban J connectivity index is 0.000000763. The fourth-order valence-electron chi connectivity index (χ4n) is 11.6. The lowest BCUT2D eigenvalue weighted by Crippen LogP contribution is -2.66. The number of allylic oxidation sites excluding steroid dienone is 3. The van der Waals surface area contributed by atoms with Gasteiger partial charge in [-0.1, -0.05) is 79.2 Å². The van der Waals surface area contributed by atoms with Crippen LogP contribution in [0.25, 0.3) is 5.57 Å². The summed E-state index contributed by atoms with van der Waals surface area (Å²) in [5, 5.41) is 0. The molecule has 8 atom stereocenters. The van der Waals surface area contributed by atoms with Crippen LogP contribution in [0.15, 0.2) is 43.0 Å². The van der Waals surface area contributed by atoms with Gasteiger partial charge in [-0.05, 0) is 133 Å². The Morgan fingerprint density at radius 3 is 2.14 bits per heavy atom. The molecule has 6 rings (SSSR count). The van der Waals surface area contributed by atoms with Gasteiger partial charge < -0.3 is 10.5 Å². The van der Waals surface area contributed by atoms with Crippen molar-refractivity contribution < 1.29 is 9.53 Å². The summed E-state index contributed by atoms with van der Waals surface area (Å²) in [4.78, 5) is 12.0. The monoisotopic (exact) mass is 575 g/mol. The first-order valence-corrected chi connectivity index (χ1v) is 17.1. The molecule has 0 radical (unpaired) electrons. The van der Waals surface area contributed by atoms with E-state index in [0.717, 1.165) is 17.8 Å². The van der Waals surface area contributed by atoms with E-state index in [-0.39, 0.29) is 16.9 Å². The number of ether oxygens (including phenoxy) is 1. The van der Waals surface area contributed by atoms with Crippen LogP contribution in [-0.2, 0) is 4.74 Å². The summed E-state index contributed by atoms with van der Waals surface area (Å²) in [6.45, 7) is 22.3. The van der Waals surface area contributed by atoms with Crippen LogP contribution in [0.5, 0.6) is 0 Å². The van der Waals surface area contributed by atoms with Gasteiger partial charge in [0.05, 0.1) is 12.7 Å². The molecule has 5 aliphatic carbocycles. The smallest absolute Gasteiger partial charge is 0.337 e. The van der Waals surface area contributed by atoms with Gasteiger partial charge in [0, 0.05) is 5.54 Å². The molecular weight excluding hydrogens is 514 g/mol. The SMILES string of the molecule is C=CC.CC.COC(=O)c1ccc(C2=CC[C@@]3(C)C(CC[C@]4(C)C3CC[C@@H]3C5CCC[C@]5(N)CC[C@]34C)C2(C)C)cc1. The van der Waals surface area contributed by atoms with Crippen molar-refractivity contribution >= 4 is 11.5 Å². The summed E-state index contributed by atoms with van der Waals surface area (Å²) in [5.74, 6) is 2.73. The van der Waals surface area contributed by atoms with E-state index in [0.29, 0.717) is 27.7 Å². The highest BCUT2D eigenvalue weighted by atomic mass is 16.5. The van der Waals surface area contributed by atoms with Gasteiger partial charge in [0.1, 0.15) is 0 Å². The Bertz CT molecular complexity index is 1170. The van der Waals surface area contributed by atoms with Crippen LogP contribution in [0.1, 0.15) is 136 Å². The van der Waals surface area contributed by atoms with Gasteiger partial charge in [-0.2, -0.15) is 0 Å². The molecule has 0 aromatic heterocycles. The molecule has 0 aliphatic heterocycles. The quantitative estimate of drug-likeness (QED) is 0.282. The van der Waals surface area contributed by atoms with E-state index in [1.54, 1.807) is 6.08 Å². The lowest BCUT2D eigenvalue weighted by Gasteiger charge is -2.72. The van der Waals surface area contributed by atoms with Crippen molar-refractivity contribution in [3.8, 4) is 0 Å². The molecule has 0 saturated heterocycles. The first-order valence-electron chi connectivity index (χ1n) is 17.1. The Kier molecular flexibility index (Phi) is 9.36. The summed E-state index contributed by atoms with van der Waals surface area (Å²) in [6, 6.07) is 8.11. The molecule has 0 spiro atoms. The van der Waals surface area contributed by atoms with Crippen LogP contribution in [0, 0.1) is 45.3 Å². The summed E-state index contributed by atoms with van der Waals surface area (Å²) < 4.78 is 4.92. The molecule has 3 heteroatoms. The molecule has 4 fully saturated rings. The largest absolute Gasteiger partial charge is 0.465 e. The summed E-state index contributed by atoms with van der Waals surface area (Å²) in [6.07, 6.45) is 17.5. The van der Waals surface area contributed by atoms with Gasteiger partial charge in [0.25, 0.3) is 0 Å². The van der Waals surface area contributed by atoms with E-state index < -0.39 is 0 Å². The molecule has 3 nitrogen and oxygen atoms in total. The van der Waals surface area contributed by atoms with Crippen molar-refractivity contribution in [2.24, 2.45) is 51.1 Å². The summed E-state index contributed by atoms with van der Waals surface area (Å²) >= 11 is 0. The molecule has 42 heavy (non-hydrogen) atoms. The third kappa shape index (κ3) is 4.85. The summed E-state index contributed by atoms with van der Waals surface area (Å²) in [7, 11) is 1.45. The Morgan fingerprint density at radius 1 is 0.881 bits per heavy atom. The average Bonchev–Trinajstić information content (AvgIpc) is 3.36. The zero-order valence-corrected chi connectivity index (χ0v) is 28.4. The molecule has 234 valence electrons. The molecule has 3 unspecified atom stereocenters. The van der Waals surface area contributed by atoms with E-state index >= 15 is 0 Å². The molecule has 1 aromatic carbocycles. The van der Waals surface area contributed by atoms with E-state index in [4.69, 9.17) is 10.5 Å². The number of nitrogens with two attached hydrogens (primary N) is 1. The van der Waals surface area contributed by atoms with Crippen LogP contribution in [0.3, 0.4) is 0 Å². The first-order chi connectivity index (χ1) is 19.8. The average molecular weight is 576 g/mol. The number of fused-ring (bicyclic) bond motifs is 7. The van der Waals surface area contributed by atoms with Gasteiger partial charge in [-0.25, -0.2) is 4.79 Å². The Labute approximate surface area is 258 Å². The maximum atomic E-state index is 12.0. The van der Waals surface area contributed by atoms with E-state index in [2.05, 4.69) is 59.4 Å². The topological polar surface area (TPSA) is 52.3 Å². The van der Waals surface area contributed by atoms with Crippen molar-refractivity contribution in [2.45, 2.75) is 125 Å². The van der Waals surface area contributed by atoms with Gasteiger partial charge in [0.2, 0.25) is 0 Å². The molecule has 5 aliphatic rings. The fourth-order valence-corrected chi connectivity index (χ4v) is 11.6. The molecular formula is C39H61NO2. The second-order valence-electron chi connectivity index (χ2n) is 15.4. The van der Waals surface area contributed by atoms with E-state index in [1.807, 2.05) is 32.9 Å². The highest BCUT2D eigenvalue weighted by Gasteiger charge is 2.69. The van der Waals surface area contributed by atoms with E-state index in [9.17, 15) is 4.79 Å². The second kappa shape index (κ2) is 11.9. The van der Waals surface area contributed by atoms with Crippen molar-refractivity contribution in [3.63, 3.8) is 0 Å². The van der Waals surface area contributed by atoms with Crippen LogP contribution in [0.4, 0.5) is 0 Å². The number of rotatable bonds is 2. The summed E-state index contributed by atoms with van der Waals surface area (Å²) in [5.41, 5.74) is 11.8. The minimum Gasteiger partial charge on any atom is -0.465 e. The van der Waals surface area contributed by atoms with E-state index in [1.165, 1.54) is 82.5 Å². The molecule has 0 heterocycles. The van der Waals surface area contributed by atoms with Crippen LogP contribution in [-0.4, -0.2) is 18.6 Å². The Hall–Kier alpha value is -1.87. The molecule has 0 amide bonds. The second-order valence-corrected chi connectivity index (χ2v) is 15.4. The third-order valence-corrected chi connectivity index (χ3v) is 13.6. The van der Waals surface area contributed by atoms with Crippen molar-refractivity contribution in [3.05, 3.63) is 54.1 Å². The fraction of sp³-hybridized carbons (Fsp3) is 0.718. The minimum absolute atomic E-state index is 0.100. The zero-order chi connectivity index (χ0) is 31.1. The number of hydrogen-bond donors (Lipinski definition) is 1. The Morgan fingerprint density at radius 2 is 1.52 bits per heavy atom.